The van der Waals surface area contributed by atoms with Crippen LogP contribution in [0.15, 0.2) is 29.2 Å². The summed E-state index contributed by atoms with van der Waals surface area (Å²) in [5, 5.41) is 13.3. The first kappa shape index (κ1) is 13.8. The lowest BCUT2D eigenvalue weighted by Gasteiger charge is -2.19. The third-order valence-electron chi connectivity index (χ3n) is 3.92. The third-order valence-corrected chi connectivity index (χ3v) is 3.92. The molecule has 21 heavy (non-hydrogen) atoms. The number of aromatic nitrogens is 3. The van der Waals surface area contributed by atoms with Gasteiger partial charge in [0.15, 0.2) is 5.65 Å². The maximum absolute atomic E-state index is 12.1. The molecule has 112 valence electrons. The van der Waals surface area contributed by atoms with Crippen LogP contribution in [0.5, 0.6) is 0 Å². The minimum atomic E-state index is -1.18. The van der Waals surface area contributed by atoms with Gasteiger partial charge in [-0.25, -0.2) is 9.48 Å². The standard InChI is InChI=1S/C13H17N5O3/c14-13(11(19)20)4-6-16(9-13)7-8-18-12(21)17-5-2-1-3-10(17)15-18/h1-3,5H,4,6-9,14H2,(H,19,20). The van der Waals surface area contributed by atoms with E-state index in [4.69, 9.17) is 10.8 Å². The van der Waals surface area contributed by atoms with Gasteiger partial charge in [-0.2, -0.15) is 0 Å². The molecular formula is C13H17N5O3. The summed E-state index contributed by atoms with van der Waals surface area (Å²) in [6.45, 7) is 1.88. The van der Waals surface area contributed by atoms with Gasteiger partial charge in [-0.1, -0.05) is 6.07 Å². The van der Waals surface area contributed by atoms with E-state index in [-0.39, 0.29) is 5.69 Å². The second-order valence-corrected chi connectivity index (χ2v) is 5.42. The lowest BCUT2D eigenvalue weighted by molar-refractivity contribution is -0.142. The van der Waals surface area contributed by atoms with Gasteiger partial charge in [-0.15, -0.1) is 5.10 Å². The summed E-state index contributed by atoms with van der Waals surface area (Å²) in [7, 11) is 0. The van der Waals surface area contributed by atoms with Crippen LogP contribution in [0.2, 0.25) is 0 Å². The predicted molar refractivity (Wildman–Crippen MR) is 75.1 cm³/mol. The molecule has 1 unspecified atom stereocenters. The van der Waals surface area contributed by atoms with Gasteiger partial charge < -0.3 is 10.8 Å². The van der Waals surface area contributed by atoms with Crippen LogP contribution in [0.25, 0.3) is 5.65 Å². The summed E-state index contributed by atoms with van der Waals surface area (Å²) < 4.78 is 2.88. The molecule has 0 aromatic carbocycles. The number of hydrogen-bond acceptors (Lipinski definition) is 5. The fourth-order valence-corrected chi connectivity index (χ4v) is 2.63. The Morgan fingerprint density at radius 2 is 2.24 bits per heavy atom. The SMILES string of the molecule is NC1(C(=O)O)CCN(CCn2nc3ccccn3c2=O)C1. The van der Waals surface area contributed by atoms with Crippen LogP contribution in [-0.2, 0) is 11.3 Å². The predicted octanol–water partition coefficient (Wildman–Crippen LogP) is -1.02. The van der Waals surface area contributed by atoms with Gasteiger partial charge in [0.2, 0.25) is 0 Å². The molecule has 0 saturated carbocycles. The van der Waals surface area contributed by atoms with Gasteiger partial charge in [-0.05, 0) is 18.6 Å². The van der Waals surface area contributed by atoms with Crippen molar-refractivity contribution in [1.82, 2.24) is 19.1 Å². The van der Waals surface area contributed by atoms with Gasteiger partial charge in [0.1, 0.15) is 5.54 Å². The summed E-state index contributed by atoms with van der Waals surface area (Å²) >= 11 is 0. The zero-order valence-corrected chi connectivity index (χ0v) is 11.5. The normalized spacial score (nSPS) is 22.9. The van der Waals surface area contributed by atoms with Gasteiger partial charge in [0.25, 0.3) is 0 Å². The first-order valence-corrected chi connectivity index (χ1v) is 6.78. The first-order valence-electron chi connectivity index (χ1n) is 6.78. The van der Waals surface area contributed by atoms with E-state index >= 15 is 0 Å². The van der Waals surface area contributed by atoms with Crippen LogP contribution >= 0.6 is 0 Å². The highest BCUT2D eigenvalue weighted by atomic mass is 16.4. The molecule has 1 aliphatic rings. The van der Waals surface area contributed by atoms with E-state index in [2.05, 4.69) is 5.10 Å². The first-order chi connectivity index (χ1) is 9.99. The van der Waals surface area contributed by atoms with Gasteiger partial charge in [0.05, 0.1) is 6.54 Å². The molecule has 8 heteroatoms. The minimum absolute atomic E-state index is 0.193. The molecule has 8 nitrogen and oxygen atoms in total. The van der Waals surface area contributed by atoms with Crippen molar-refractivity contribution in [2.75, 3.05) is 19.6 Å². The zero-order chi connectivity index (χ0) is 15.0. The van der Waals surface area contributed by atoms with Crippen molar-refractivity contribution in [1.29, 1.82) is 0 Å². The van der Waals surface area contributed by atoms with E-state index in [1.165, 1.54) is 9.08 Å². The van der Waals surface area contributed by atoms with Crippen molar-refractivity contribution in [3.8, 4) is 0 Å². The second-order valence-electron chi connectivity index (χ2n) is 5.42. The molecule has 3 N–H and O–H groups in total. The molecule has 1 atom stereocenters. The maximum atomic E-state index is 12.1. The number of carbonyl (C=O) groups is 1. The number of rotatable bonds is 4. The number of likely N-dealkylation sites (tertiary alicyclic amines) is 1. The molecule has 3 heterocycles. The van der Waals surface area contributed by atoms with E-state index in [1.807, 2.05) is 11.0 Å². The van der Waals surface area contributed by atoms with Crippen molar-refractivity contribution in [3.05, 3.63) is 34.9 Å². The Hall–Kier alpha value is -2.19. The van der Waals surface area contributed by atoms with E-state index in [1.54, 1.807) is 18.3 Å². The molecule has 2 aromatic rings. The smallest absolute Gasteiger partial charge is 0.350 e. The molecule has 3 rings (SSSR count). The Kier molecular flexibility index (Phi) is 3.26. The quantitative estimate of drug-likeness (QED) is 0.747. The highest BCUT2D eigenvalue weighted by Crippen LogP contribution is 2.18. The molecule has 2 aromatic heterocycles. The summed E-state index contributed by atoms with van der Waals surface area (Å²) in [6.07, 6.45) is 2.09. The lowest BCUT2D eigenvalue weighted by atomic mass is 10.0. The van der Waals surface area contributed by atoms with E-state index in [9.17, 15) is 9.59 Å². The van der Waals surface area contributed by atoms with E-state index in [0.29, 0.717) is 38.2 Å². The second kappa shape index (κ2) is 4.97. The van der Waals surface area contributed by atoms with Crippen molar-refractivity contribution in [3.63, 3.8) is 0 Å². The molecule has 0 amide bonds. The monoisotopic (exact) mass is 291 g/mol. The number of nitrogens with zero attached hydrogens (tertiary/aromatic N) is 4. The number of carboxylic acid groups (broad SMARTS) is 1. The number of pyridine rings is 1. The Morgan fingerprint density at radius 1 is 1.43 bits per heavy atom. The summed E-state index contributed by atoms with van der Waals surface area (Å²) in [6, 6.07) is 5.36. The molecule has 1 saturated heterocycles. The van der Waals surface area contributed by atoms with Crippen LogP contribution in [0.1, 0.15) is 6.42 Å². The van der Waals surface area contributed by atoms with Crippen molar-refractivity contribution in [2.45, 2.75) is 18.5 Å². The van der Waals surface area contributed by atoms with Crippen molar-refractivity contribution < 1.29 is 9.90 Å². The van der Waals surface area contributed by atoms with E-state index in [0.717, 1.165) is 0 Å². The Morgan fingerprint density at radius 3 is 2.90 bits per heavy atom. The number of carboxylic acids is 1. The number of aliphatic carboxylic acids is 1. The number of hydrogen-bond donors (Lipinski definition) is 2. The topological polar surface area (TPSA) is 106 Å². The van der Waals surface area contributed by atoms with Crippen LogP contribution in [-0.4, -0.2) is 55.3 Å². The Labute approximate surface area is 120 Å². The molecule has 0 radical (unpaired) electrons. The van der Waals surface area contributed by atoms with Crippen LogP contribution < -0.4 is 11.4 Å². The van der Waals surface area contributed by atoms with Crippen LogP contribution in [0.3, 0.4) is 0 Å². The number of fused-ring (bicyclic) bond motifs is 1. The van der Waals surface area contributed by atoms with E-state index < -0.39 is 11.5 Å². The molecule has 0 aliphatic carbocycles. The van der Waals surface area contributed by atoms with Gasteiger partial charge in [0, 0.05) is 25.8 Å². The summed E-state index contributed by atoms with van der Waals surface area (Å²) in [4.78, 5) is 25.1. The average molecular weight is 291 g/mol. The highest BCUT2D eigenvalue weighted by molar-refractivity contribution is 5.79. The zero-order valence-electron chi connectivity index (χ0n) is 11.5. The Bertz CT molecular complexity index is 737. The fourth-order valence-electron chi connectivity index (χ4n) is 2.63. The summed E-state index contributed by atoms with van der Waals surface area (Å²) in [5.74, 6) is -0.977. The largest absolute Gasteiger partial charge is 0.480 e. The Balaban J connectivity index is 1.69. The van der Waals surface area contributed by atoms with Crippen LogP contribution in [0, 0.1) is 0 Å². The van der Waals surface area contributed by atoms with Gasteiger partial charge >= 0.3 is 11.7 Å². The van der Waals surface area contributed by atoms with Crippen molar-refractivity contribution in [2.24, 2.45) is 5.73 Å². The van der Waals surface area contributed by atoms with Gasteiger partial charge in [-0.3, -0.25) is 14.1 Å². The lowest BCUT2D eigenvalue weighted by Crippen LogP contribution is -2.50. The average Bonchev–Trinajstić information content (AvgIpc) is 3.00. The minimum Gasteiger partial charge on any atom is -0.480 e. The van der Waals surface area contributed by atoms with Crippen LogP contribution in [0.4, 0.5) is 0 Å². The highest BCUT2D eigenvalue weighted by Gasteiger charge is 2.40. The fraction of sp³-hybridized carbons (Fsp3) is 0.462. The molecule has 0 spiro atoms. The molecular weight excluding hydrogens is 274 g/mol. The molecule has 0 bridgehead atoms. The summed E-state index contributed by atoms with van der Waals surface area (Å²) in [5.41, 5.74) is 5.05. The number of nitrogens with two attached hydrogens (primary N) is 1. The molecule has 1 aliphatic heterocycles. The van der Waals surface area contributed by atoms with Crippen molar-refractivity contribution >= 4 is 11.6 Å². The maximum Gasteiger partial charge on any atom is 0.350 e. The third kappa shape index (κ3) is 2.43. The molecule has 1 fully saturated rings.